The zero-order valence-corrected chi connectivity index (χ0v) is 9.44. The summed E-state index contributed by atoms with van der Waals surface area (Å²) < 4.78 is 0. The average Bonchev–Trinajstić information content (AvgIpc) is 2.31. The highest BCUT2D eigenvalue weighted by molar-refractivity contribution is 5.95. The van der Waals surface area contributed by atoms with Crippen molar-refractivity contribution in [3.8, 4) is 0 Å². The van der Waals surface area contributed by atoms with E-state index in [1.54, 1.807) is 18.5 Å². The van der Waals surface area contributed by atoms with Crippen LogP contribution in [0, 0.1) is 0 Å². The molecule has 82 valence electrons. The number of pyridine rings is 1. The first-order chi connectivity index (χ1) is 7.27. The summed E-state index contributed by atoms with van der Waals surface area (Å²) in [5.41, 5.74) is 0.713. The number of carbonyl (C=O) groups excluding carboxylic acids is 1. The number of Topliss-reactive ketones (excluding diaryl/α,β-unsaturated/α-hetero) is 1. The van der Waals surface area contributed by atoms with E-state index >= 15 is 0 Å². The molecule has 0 spiro atoms. The second-order valence-corrected chi connectivity index (χ2v) is 3.44. The minimum absolute atomic E-state index is 0.176. The monoisotopic (exact) mass is 206 g/mol. The molecule has 15 heavy (non-hydrogen) atoms. The number of ketones is 1. The molecule has 0 saturated heterocycles. The third kappa shape index (κ3) is 3.80. The fourth-order valence-corrected chi connectivity index (χ4v) is 1.47. The second-order valence-electron chi connectivity index (χ2n) is 3.44. The molecule has 0 fully saturated rings. The molecule has 0 amide bonds. The lowest BCUT2D eigenvalue weighted by molar-refractivity contribution is 0.0966. The predicted octanol–water partition coefficient (Wildman–Crippen LogP) is 2.00. The Morgan fingerprint density at radius 3 is 2.67 bits per heavy atom. The normalized spacial score (nSPS) is 10.6. The Morgan fingerprint density at radius 1 is 1.40 bits per heavy atom. The molecular weight excluding hydrogens is 188 g/mol. The summed E-state index contributed by atoms with van der Waals surface area (Å²) >= 11 is 0. The molecule has 0 aromatic carbocycles. The van der Waals surface area contributed by atoms with Gasteiger partial charge >= 0.3 is 0 Å². The molecule has 0 aliphatic heterocycles. The molecule has 0 N–H and O–H groups in total. The molecule has 1 heterocycles. The molecule has 1 rings (SSSR count). The summed E-state index contributed by atoms with van der Waals surface area (Å²) in [5, 5.41) is 0. The highest BCUT2D eigenvalue weighted by Crippen LogP contribution is 2.02. The van der Waals surface area contributed by atoms with Crippen LogP contribution in [-0.4, -0.2) is 35.3 Å². The Labute approximate surface area is 91.1 Å². The molecule has 0 radical (unpaired) electrons. The average molecular weight is 206 g/mol. The minimum Gasteiger partial charge on any atom is -0.303 e. The van der Waals surface area contributed by atoms with Crippen molar-refractivity contribution in [2.45, 2.75) is 20.3 Å². The van der Waals surface area contributed by atoms with Crippen LogP contribution in [0.5, 0.6) is 0 Å². The summed E-state index contributed by atoms with van der Waals surface area (Å²) in [4.78, 5) is 17.9. The smallest absolute Gasteiger partial charge is 0.165 e. The lowest BCUT2D eigenvalue weighted by atomic mass is 10.1. The van der Waals surface area contributed by atoms with E-state index in [2.05, 4.69) is 23.7 Å². The standard InChI is InChI=1S/C12H18N2O/c1-3-14(4-2)9-7-12(15)11-6-5-8-13-10-11/h5-6,8,10H,3-4,7,9H2,1-2H3. The van der Waals surface area contributed by atoms with Crippen molar-refractivity contribution < 1.29 is 4.79 Å². The molecule has 0 aliphatic carbocycles. The van der Waals surface area contributed by atoms with Crippen molar-refractivity contribution in [2.24, 2.45) is 0 Å². The van der Waals surface area contributed by atoms with E-state index in [-0.39, 0.29) is 5.78 Å². The van der Waals surface area contributed by atoms with Crippen LogP contribution in [0.3, 0.4) is 0 Å². The van der Waals surface area contributed by atoms with E-state index in [0.29, 0.717) is 12.0 Å². The maximum atomic E-state index is 11.7. The van der Waals surface area contributed by atoms with Crippen LogP contribution in [0.25, 0.3) is 0 Å². The Balaban J connectivity index is 2.43. The van der Waals surface area contributed by atoms with Crippen LogP contribution >= 0.6 is 0 Å². The number of hydrogen-bond acceptors (Lipinski definition) is 3. The van der Waals surface area contributed by atoms with Gasteiger partial charge in [0.25, 0.3) is 0 Å². The fourth-order valence-electron chi connectivity index (χ4n) is 1.47. The molecule has 0 saturated carbocycles. The number of aromatic nitrogens is 1. The minimum atomic E-state index is 0.176. The van der Waals surface area contributed by atoms with E-state index in [1.165, 1.54) is 0 Å². The van der Waals surface area contributed by atoms with Gasteiger partial charge in [-0.15, -0.1) is 0 Å². The van der Waals surface area contributed by atoms with Gasteiger partial charge in [-0.2, -0.15) is 0 Å². The van der Waals surface area contributed by atoms with Gasteiger partial charge in [-0.1, -0.05) is 13.8 Å². The Bertz CT molecular complexity index is 294. The highest BCUT2D eigenvalue weighted by Gasteiger charge is 2.07. The van der Waals surface area contributed by atoms with Gasteiger partial charge in [0, 0.05) is 30.9 Å². The molecule has 0 aliphatic rings. The topological polar surface area (TPSA) is 33.2 Å². The summed E-state index contributed by atoms with van der Waals surface area (Å²) in [6.45, 7) is 7.05. The van der Waals surface area contributed by atoms with Crippen molar-refractivity contribution in [3.63, 3.8) is 0 Å². The fraction of sp³-hybridized carbons (Fsp3) is 0.500. The van der Waals surface area contributed by atoms with Gasteiger partial charge in [-0.05, 0) is 25.2 Å². The summed E-state index contributed by atoms with van der Waals surface area (Å²) in [7, 11) is 0. The summed E-state index contributed by atoms with van der Waals surface area (Å²) in [6.07, 6.45) is 3.89. The SMILES string of the molecule is CCN(CC)CCC(=O)c1cccnc1. The Kier molecular flexibility index (Phi) is 4.98. The van der Waals surface area contributed by atoms with Gasteiger partial charge < -0.3 is 4.90 Å². The van der Waals surface area contributed by atoms with Crippen molar-refractivity contribution in [1.82, 2.24) is 9.88 Å². The molecular formula is C12H18N2O. The van der Waals surface area contributed by atoms with Crippen molar-refractivity contribution in [3.05, 3.63) is 30.1 Å². The van der Waals surface area contributed by atoms with Gasteiger partial charge in [0.1, 0.15) is 0 Å². The zero-order valence-electron chi connectivity index (χ0n) is 9.44. The van der Waals surface area contributed by atoms with Crippen LogP contribution < -0.4 is 0 Å². The maximum Gasteiger partial charge on any atom is 0.165 e. The lowest BCUT2D eigenvalue weighted by Crippen LogP contribution is -2.25. The molecule has 1 aromatic rings. The highest BCUT2D eigenvalue weighted by atomic mass is 16.1. The van der Waals surface area contributed by atoms with E-state index in [4.69, 9.17) is 0 Å². The van der Waals surface area contributed by atoms with Crippen LogP contribution in [0.15, 0.2) is 24.5 Å². The maximum absolute atomic E-state index is 11.7. The van der Waals surface area contributed by atoms with Gasteiger partial charge in [-0.3, -0.25) is 9.78 Å². The Morgan fingerprint density at radius 2 is 2.13 bits per heavy atom. The van der Waals surface area contributed by atoms with E-state index in [9.17, 15) is 4.79 Å². The number of nitrogens with zero attached hydrogens (tertiary/aromatic N) is 2. The van der Waals surface area contributed by atoms with Gasteiger partial charge in [0.05, 0.1) is 0 Å². The van der Waals surface area contributed by atoms with Crippen molar-refractivity contribution >= 4 is 5.78 Å². The predicted molar refractivity (Wildman–Crippen MR) is 61.0 cm³/mol. The summed E-state index contributed by atoms with van der Waals surface area (Å²) in [6, 6.07) is 3.61. The van der Waals surface area contributed by atoms with E-state index < -0.39 is 0 Å². The first kappa shape index (κ1) is 11.9. The summed E-state index contributed by atoms with van der Waals surface area (Å²) in [5.74, 6) is 0.176. The van der Waals surface area contributed by atoms with E-state index in [0.717, 1.165) is 19.6 Å². The number of hydrogen-bond donors (Lipinski definition) is 0. The van der Waals surface area contributed by atoms with Crippen LogP contribution in [-0.2, 0) is 0 Å². The largest absolute Gasteiger partial charge is 0.303 e. The van der Waals surface area contributed by atoms with Gasteiger partial charge in [0.15, 0.2) is 5.78 Å². The first-order valence-corrected chi connectivity index (χ1v) is 5.43. The number of carbonyl (C=O) groups is 1. The zero-order chi connectivity index (χ0) is 11.1. The molecule has 0 bridgehead atoms. The van der Waals surface area contributed by atoms with Crippen molar-refractivity contribution in [2.75, 3.05) is 19.6 Å². The van der Waals surface area contributed by atoms with Crippen molar-refractivity contribution in [1.29, 1.82) is 0 Å². The molecule has 0 atom stereocenters. The quantitative estimate of drug-likeness (QED) is 0.667. The third-order valence-electron chi connectivity index (χ3n) is 2.53. The van der Waals surface area contributed by atoms with Crippen LogP contribution in [0.1, 0.15) is 30.6 Å². The second kappa shape index (κ2) is 6.30. The lowest BCUT2D eigenvalue weighted by Gasteiger charge is -2.16. The molecule has 0 unspecified atom stereocenters. The van der Waals surface area contributed by atoms with Crippen LogP contribution in [0.2, 0.25) is 0 Å². The molecule has 3 nitrogen and oxygen atoms in total. The molecule has 3 heteroatoms. The van der Waals surface area contributed by atoms with Gasteiger partial charge in [0.2, 0.25) is 0 Å². The molecule has 1 aromatic heterocycles. The third-order valence-corrected chi connectivity index (χ3v) is 2.53. The first-order valence-electron chi connectivity index (χ1n) is 5.43. The Hall–Kier alpha value is -1.22. The number of rotatable bonds is 6. The van der Waals surface area contributed by atoms with E-state index in [1.807, 2.05) is 6.07 Å². The van der Waals surface area contributed by atoms with Crippen LogP contribution in [0.4, 0.5) is 0 Å². The van der Waals surface area contributed by atoms with Gasteiger partial charge in [-0.25, -0.2) is 0 Å².